The van der Waals surface area contributed by atoms with Crippen molar-refractivity contribution in [3.8, 4) is 5.75 Å². The van der Waals surface area contributed by atoms with Gasteiger partial charge in [0.05, 0.1) is 22.7 Å². The first kappa shape index (κ1) is 20.6. The Morgan fingerprint density at radius 2 is 1.96 bits per heavy atom. The lowest BCUT2D eigenvalue weighted by molar-refractivity contribution is -0.147. The van der Waals surface area contributed by atoms with E-state index in [2.05, 4.69) is 15.9 Å². The number of carbonyl (C=O) groups excluding carboxylic acids is 2. The molecule has 0 spiro atoms. The van der Waals surface area contributed by atoms with Gasteiger partial charge in [-0.15, -0.1) is 11.8 Å². The zero-order chi connectivity index (χ0) is 19.6. The van der Waals surface area contributed by atoms with Crippen LogP contribution in [0.25, 0.3) is 0 Å². The van der Waals surface area contributed by atoms with Gasteiger partial charge in [0.15, 0.2) is 0 Å². The molecule has 1 aromatic rings. The minimum atomic E-state index is -3.61. The molecular weight excluding hydrogens is 456 g/mol. The number of thioether (sulfide) groups is 1. The van der Waals surface area contributed by atoms with E-state index in [4.69, 9.17) is 4.74 Å². The third-order valence-corrected chi connectivity index (χ3v) is 8.44. The minimum Gasteiger partial charge on any atom is -0.496 e. The van der Waals surface area contributed by atoms with Gasteiger partial charge in [-0.25, -0.2) is 8.42 Å². The van der Waals surface area contributed by atoms with Crippen LogP contribution < -0.4 is 4.74 Å². The van der Waals surface area contributed by atoms with Crippen LogP contribution in [-0.4, -0.2) is 61.1 Å². The van der Waals surface area contributed by atoms with Gasteiger partial charge in [-0.3, -0.25) is 14.5 Å². The SMILES string of the molecule is COc1ccc(C2SCCN2S(=O)(=O)CCN2C(=O)CCCC2=O)cc1Br. The van der Waals surface area contributed by atoms with Gasteiger partial charge in [0.25, 0.3) is 0 Å². The second-order valence-corrected chi connectivity index (χ2v) is 10.4. The normalized spacial score (nSPS) is 21.7. The van der Waals surface area contributed by atoms with E-state index in [-0.39, 0.29) is 29.5 Å². The quantitative estimate of drug-likeness (QED) is 0.586. The first-order valence-electron chi connectivity index (χ1n) is 8.61. The number of likely N-dealkylation sites (tertiary alicyclic amines) is 1. The molecule has 0 N–H and O–H groups in total. The Morgan fingerprint density at radius 3 is 2.59 bits per heavy atom. The summed E-state index contributed by atoms with van der Waals surface area (Å²) in [5, 5.41) is -0.329. The van der Waals surface area contributed by atoms with Crippen molar-refractivity contribution in [2.75, 3.05) is 31.7 Å². The van der Waals surface area contributed by atoms with Crippen molar-refractivity contribution in [3.63, 3.8) is 0 Å². The van der Waals surface area contributed by atoms with E-state index in [0.29, 0.717) is 37.3 Å². The molecule has 1 aromatic carbocycles. The van der Waals surface area contributed by atoms with Crippen molar-refractivity contribution in [2.45, 2.75) is 24.6 Å². The molecule has 2 heterocycles. The number of sulfonamides is 1. The predicted octanol–water partition coefficient (Wildman–Crippen LogP) is 2.37. The Balaban J connectivity index is 1.74. The Hall–Kier alpha value is -1.10. The maximum Gasteiger partial charge on any atom is 0.229 e. The Kier molecular flexibility index (Phi) is 6.50. The number of amides is 2. The van der Waals surface area contributed by atoms with Crippen LogP contribution in [0.4, 0.5) is 0 Å². The zero-order valence-electron chi connectivity index (χ0n) is 14.9. The summed E-state index contributed by atoms with van der Waals surface area (Å²) in [6.45, 7) is 0.323. The highest BCUT2D eigenvalue weighted by atomic mass is 79.9. The summed E-state index contributed by atoms with van der Waals surface area (Å²) >= 11 is 4.99. The van der Waals surface area contributed by atoms with E-state index in [1.54, 1.807) is 24.9 Å². The van der Waals surface area contributed by atoms with Gasteiger partial charge >= 0.3 is 0 Å². The predicted molar refractivity (Wildman–Crippen MR) is 107 cm³/mol. The number of hydrogen-bond donors (Lipinski definition) is 0. The molecule has 1 atom stereocenters. The maximum atomic E-state index is 12.9. The Labute approximate surface area is 171 Å². The monoisotopic (exact) mass is 476 g/mol. The molecule has 3 rings (SSSR count). The smallest absolute Gasteiger partial charge is 0.229 e. The van der Waals surface area contributed by atoms with E-state index in [1.165, 1.54) is 4.31 Å². The fraction of sp³-hybridized carbons (Fsp3) is 0.529. The molecule has 2 aliphatic heterocycles. The molecule has 1 unspecified atom stereocenters. The average molecular weight is 477 g/mol. The highest BCUT2D eigenvalue weighted by Gasteiger charge is 2.37. The molecule has 10 heteroatoms. The van der Waals surface area contributed by atoms with E-state index < -0.39 is 10.0 Å². The summed E-state index contributed by atoms with van der Waals surface area (Å²) in [5.41, 5.74) is 0.860. The molecular formula is C17H21BrN2O5S2. The van der Waals surface area contributed by atoms with Crippen LogP contribution in [0.2, 0.25) is 0 Å². The van der Waals surface area contributed by atoms with Gasteiger partial charge in [-0.1, -0.05) is 6.07 Å². The van der Waals surface area contributed by atoms with E-state index >= 15 is 0 Å². The average Bonchev–Trinajstić information content (AvgIpc) is 3.12. The standard InChI is InChI=1S/C17H21BrN2O5S2/c1-25-14-6-5-12(11-13(14)18)17-20(7-9-26-17)27(23,24)10-8-19-15(21)3-2-4-16(19)22/h5-6,11,17H,2-4,7-10H2,1H3. The summed E-state index contributed by atoms with van der Waals surface area (Å²) < 4.78 is 33.3. The van der Waals surface area contributed by atoms with E-state index in [9.17, 15) is 18.0 Å². The van der Waals surface area contributed by atoms with E-state index in [0.717, 1.165) is 14.9 Å². The van der Waals surface area contributed by atoms with Gasteiger partial charge in [-0.05, 0) is 40.0 Å². The first-order valence-corrected chi connectivity index (χ1v) is 12.1. The number of hydrogen-bond acceptors (Lipinski definition) is 6. The largest absolute Gasteiger partial charge is 0.496 e. The maximum absolute atomic E-state index is 12.9. The van der Waals surface area contributed by atoms with Crippen LogP contribution in [0.3, 0.4) is 0 Å². The van der Waals surface area contributed by atoms with Crippen molar-refractivity contribution in [3.05, 3.63) is 28.2 Å². The lowest BCUT2D eigenvalue weighted by Crippen LogP contribution is -2.44. The first-order chi connectivity index (χ1) is 12.8. The van der Waals surface area contributed by atoms with Gasteiger partial charge < -0.3 is 4.74 Å². The fourth-order valence-corrected chi connectivity index (χ4v) is 7.03. The Bertz CT molecular complexity index is 830. The van der Waals surface area contributed by atoms with Gasteiger partial charge in [0.2, 0.25) is 21.8 Å². The summed E-state index contributed by atoms with van der Waals surface area (Å²) in [6, 6.07) is 5.52. The fourth-order valence-electron chi connectivity index (χ4n) is 3.21. The van der Waals surface area contributed by atoms with Crippen LogP contribution in [0.15, 0.2) is 22.7 Å². The molecule has 7 nitrogen and oxygen atoms in total. The summed E-state index contributed by atoms with van der Waals surface area (Å²) in [6.07, 6.45) is 1.14. The number of carbonyl (C=O) groups is 2. The Morgan fingerprint density at radius 1 is 1.26 bits per heavy atom. The van der Waals surface area contributed by atoms with Crippen molar-refractivity contribution in [1.82, 2.24) is 9.21 Å². The number of imide groups is 1. The van der Waals surface area contributed by atoms with Crippen molar-refractivity contribution in [2.24, 2.45) is 0 Å². The van der Waals surface area contributed by atoms with E-state index in [1.807, 2.05) is 12.1 Å². The lowest BCUT2D eigenvalue weighted by Gasteiger charge is -2.27. The van der Waals surface area contributed by atoms with Gasteiger partial charge in [0.1, 0.15) is 5.75 Å². The number of rotatable bonds is 6. The molecule has 0 aliphatic carbocycles. The summed E-state index contributed by atoms with van der Waals surface area (Å²) in [4.78, 5) is 24.9. The summed E-state index contributed by atoms with van der Waals surface area (Å²) in [5.74, 6) is 0.549. The number of piperidine rings is 1. The summed E-state index contributed by atoms with van der Waals surface area (Å²) in [7, 11) is -2.04. The lowest BCUT2D eigenvalue weighted by atomic mass is 10.1. The molecule has 27 heavy (non-hydrogen) atoms. The van der Waals surface area contributed by atoms with Crippen molar-refractivity contribution in [1.29, 1.82) is 0 Å². The van der Waals surface area contributed by atoms with Gasteiger partial charge in [-0.2, -0.15) is 4.31 Å². The molecule has 0 aromatic heterocycles. The highest BCUT2D eigenvalue weighted by molar-refractivity contribution is 9.10. The molecule has 2 aliphatic rings. The minimum absolute atomic E-state index is 0.0831. The topological polar surface area (TPSA) is 84.0 Å². The van der Waals surface area contributed by atoms with Crippen LogP contribution in [0, 0.1) is 0 Å². The molecule has 0 radical (unpaired) electrons. The molecule has 0 bridgehead atoms. The van der Waals surface area contributed by atoms with Crippen LogP contribution in [0.1, 0.15) is 30.2 Å². The number of nitrogens with zero attached hydrogens (tertiary/aromatic N) is 2. The number of benzene rings is 1. The molecule has 2 saturated heterocycles. The van der Waals surface area contributed by atoms with Crippen molar-refractivity contribution >= 4 is 49.5 Å². The van der Waals surface area contributed by atoms with Crippen LogP contribution in [-0.2, 0) is 19.6 Å². The van der Waals surface area contributed by atoms with Gasteiger partial charge in [0, 0.05) is 31.7 Å². The zero-order valence-corrected chi connectivity index (χ0v) is 18.1. The third kappa shape index (κ3) is 4.49. The number of ether oxygens (including phenoxy) is 1. The van der Waals surface area contributed by atoms with Crippen LogP contribution >= 0.6 is 27.7 Å². The van der Waals surface area contributed by atoms with Crippen LogP contribution in [0.5, 0.6) is 5.75 Å². The number of methoxy groups -OCH3 is 1. The molecule has 148 valence electrons. The second kappa shape index (κ2) is 8.50. The second-order valence-electron chi connectivity index (χ2n) is 6.34. The third-order valence-electron chi connectivity index (χ3n) is 4.62. The molecule has 2 fully saturated rings. The highest BCUT2D eigenvalue weighted by Crippen LogP contribution is 2.41. The number of halogens is 1. The van der Waals surface area contributed by atoms with Crippen molar-refractivity contribution < 1.29 is 22.7 Å². The molecule has 2 amide bonds. The molecule has 0 saturated carbocycles.